The van der Waals surface area contributed by atoms with E-state index in [1.165, 1.54) is 7.11 Å². The maximum atomic E-state index is 12.2. The summed E-state index contributed by atoms with van der Waals surface area (Å²) >= 11 is 0. The van der Waals surface area contributed by atoms with Crippen molar-refractivity contribution >= 4 is 0 Å². The van der Waals surface area contributed by atoms with Crippen molar-refractivity contribution in [3.63, 3.8) is 0 Å². The van der Waals surface area contributed by atoms with Gasteiger partial charge in [0.05, 0.1) is 7.11 Å². The maximum absolute atomic E-state index is 12.2. The van der Waals surface area contributed by atoms with Gasteiger partial charge in [-0.15, -0.1) is 0 Å². The van der Waals surface area contributed by atoms with Crippen LogP contribution in [-0.2, 0) is 6.67 Å². The number of nitrogens with zero attached hydrogens (tertiary/aromatic N) is 1. The van der Waals surface area contributed by atoms with Gasteiger partial charge in [-0.3, -0.25) is 4.98 Å². The van der Waals surface area contributed by atoms with E-state index in [2.05, 4.69) is 4.98 Å². The summed E-state index contributed by atoms with van der Waals surface area (Å²) in [7, 11) is 1.30. The fourth-order valence-corrected chi connectivity index (χ4v) is 0.890. The van der Waals surface area contributed by atoms with Gasteiger partial charge in [0.25, 0.3) is 6.43 Å². The molecule has 72 valence electrons. The third kappa shape index (κ3) is 2.11. The molecule has 0 N–H and O–H groups in total. The molecule has 1 heterocycles. The zero-order valence-electron chi connectivity index (χ0n) is 6.93. The van der Waals surface area contributed by atoms with E-state index >= 15 is 0 Å². The number of rotatable bonds is 3. The Morgan fingerprint density at radius 1 is 1.54 bits per heavy atom. The van der Waals surface area contributed by atoms with E-state index in [-0.39, 0.29) is 11.3 Å². The first-order valence-corrected chi connectivity index (χ1v) is 3.56. The minimum atomic E-state index is -2.66. The molecule has 0 aromatic carbocycles. The molecule has 0 aliphatic rings. The van der Waals surface area contributed by atoms with E-state index in [1.807, 2.05) is 0 Å². The molecule has 0 spiro atoms. The number of aromatic nitrogens is 1. The lowest BCUT2D eigenvalue weighted by Gasteiger charge is -2.06. The molecule has 2 nitrogen and oxygen atoms in total. The van der Waals surface area contributed by atoms with E-state index in [0.29, 0.717) is 0 Å². The summed E-state index contributed by atoms with van der Waals surface area (Å²) in [5.41, 5.74) is -0.235. The van der Waals surface area contributed by atoms with Crippen LogP contribution in [0, 0.1) is 0 Å². The molecule has 0 aliphatic carbocycles. The molecule has 0 saturated carbocycles. The van der Waals surface area contributed by atoms with Crippen LogP contribution in [0.1, 0.15) is 17.7 Å². The molecular weight excluding hydrogens is 183 g/mol. The zero-order chi connectivity index (χ0) is 9.84. The van der Waals surface area contributed by atoms with Crippen molar-refractivity contribution in [3.05, 3.63) is 23.5 Å². The zero-order valence-corrected chi connectivity index (χ0v) is 6.93. The number of pyridine rings is 1. The molecule has 0 bridgehead atoms. The molecule has 13 heavy (non-hydrogen) atoms. The molecule has 1 aromatic rings. The Morgan fingerprint density at radius 2 is 2.23 bits per heavy atom. The Labute approximate surface area is 73.4 Å². The highest BCUT2D eigenvalue weighted by atomic mass is 19.3. The van der Waals surface area contributed by atoms with Crippen molar-refractivity contribution in [2.45, 2.75) is 13.1 Å². The van der Waals surface area contributed by atoms with Crippen LogP contribution in [0.2, 0.25) is 0 Å². The van der Waals surface area contributed by atoms with Crippen LogP contribution in [0.5, 0.6) is 5.75 Å². The number of ether oxygens (including phenoxy) is 1. The summed E-state index contributed by atoms with van der Waals surface area (Å²) in [6.45, 7) is -0.778. The quantitative estimate of drug-likeness (QED) is 0.732. The van der Waals surface area contributed by atoms with E-state index in [0.717, 1.165) is 12.3 Å². The first-order chi connectivity index (χ1) is 6.19. The third-order valence-electron chi connectivity index (χ3n) is 1.55. The third-order valence-corrected chi connectivity index (χ3v) is 1.55. The summed E-state index contributed by atoms with van der Waals surface area (Å²) in [6, 6.07) is 1.04. The van der Waals surface area contributed by atoms with Crippen molar-refractivity contribution < 1.29 is 17.9 Å². The maximum Gasteiger partial charge on any atom is 0.280 e. The monoisotopic (exact) mass is 191 g/mol. The van der Waals surface area contributed by atoms with Crippen LogP contribution in [-0.4, -0.2) is 12.1 Å². The van der Waals surface area contributed by atoms with Gasteiger partial charge in [0, 0.05) is 17.8 Å². The number of alkyl halides is 3. The van der Waals surface area contributed by atoms with Gasteiger partial charge in [0.15, 0.2) is 0 Å². The molecule has 0 aliphatic heterocycles. The van der Waals surface area contributed by atoms with E-state index in [1.54, 1.807) is 0 Å². The molecule has 0 fully saturated rings. The van der Waals surface area contributed by atoms with Gasteiger partial charge in [-0.25, -0.2) is 13.2 Å². The average Bonchev–Trinajstić information content (AvgIpc) is 2.16. The molecule has 0 atom stereocenters. The van der Waals surface area contributed by atoms with Gasteiger partial charge >= 0.3 is 0 Å². The lowest BCUT2D eigenvalue weighted by Crippen LogP contribution is -1.96. The fourth-order valence-electron chi connectivity index (χ4n) is 0.890. The number of methoxy groups -OCH3 is 1. The Hall–Kier alpha value is -1.26. The molecule has 0 unspecified atom stereocenters. The predicted molar refractivity (Wildman–Crippen MR) is 40.6 cm³/mol. The van der Waals surface area contributed by atoms with Crippen LogP contribution < -0.4 is 4.74 Å². The van der Waals surface area contributed by atoms with Gasteiger partial charge in [0.2, 0.25) is 0 Å². The molecular formula is C8H8F3NO. The van der Waals surface area contributed by atoms with Gasteiger partial charge in [-0.2, -0.15) is 0 Å². The van der Waals surface area contributed by atoms with Crippen LogP contribution in [0.25, 0.3) is 0 Å². The standard InChI is InChI=1S/C8H8F3NO/c1-13-7-2-6(8(10)11)12-4-5(7)3-9/h2,4,8H,3H2,1H3. The highest BCUT2D eigenvalue weighted by Gasteiger charge is 2.12. The van der Waals surface area contributed by atoms with E-state index < -0.39 is 18.8 Å². The second kappa shape index (κ2) is 4.11. The Bertz CT molecular complexity index is 291. The van der Waals surface area contributed by atoms with Gasteiger partial charge in [-0.1, -0.05) is 0 Å². The molecule has 5 heteroatoms. The highest BCUT2D eigenvalue weighted by Crippen LogP contribution is 2.24. The van der Waals surface area contributed by atoms with Crippen LogP contribution in [0.4, 0.5) is 13.2 Å². The summed E-state index contributed by atoms with van der Waals surface area (Å²) in [5, 5.41) is 0. The molecule has 1 aromatic heterocycles. The fraction of sp³-hybridized carbons (Fsp3) is 0.375. The Balaban J connectivity index is 3.05. The van der Waals surface area contributed by atoms with Crippen LogP contribution >= 0.6 is 0 Å². The largest absolute Gasteiger partial charge is 0.496 e. The van der Waals surface area contributed by atoms with Gasteiger partial charge < -0.3 is 4.74 Å². The summed E-state index contributed by atoms with van der Waals surface area (Å²) in [5.74, 6) is 0.104. The van der Waals surface area contributed by atoms with Crippen LogP contribution in [0.3, 0.4) is 0 Å². The molecule has 0 amide bonds. The SMILES string of the molecule is COc1cc(C(F)F)ncc1CF. The van der Waals surface area contributed by atoms with E-state index in [4.69, 9.17) is 4.74 Å². The van der Waals surface area contributed by atoms with Gasteiger partial charge in [0.1, 0.15) is 18.1 Å². The second-order valence-electron chi connectivity index (χ2n) is 2.36. The van der Waals surface area contributed by atoms with Gasteiger partial charge in [-0.05, 0) is 0 Å². The molecule has 1 rings (SSSR count). The minimum absolute atomic E-state index is 0.104. The number of hydrogen-bond donors (Lipinski definition) is 0. The number of halogens is 3. The first-order valence-electron chi connectivity index (χ1n) is 3.56. The highest BCUT2D eigenvalue weighted by molar-refractivity contribution is 5.32. The summed E-state index contributed by atoms with van der Waals surface area (Å²) in [6.07, 6.45) is -1.61. The average molecular weight is 191 g/mol. The lowest BCUT2D eigenvalue weighted by atomic mass is 10.2. The van der Waals surface area contributed by atoms with E-state index in [9.17, 15) is 13.2 Å². The normalized spacial score (nSPS) is 10.5. The predicted octanol–water partition coefficient (Wildman–Crippen LogP) is 2.50. The second-order valence-corrected chi connectivity index (χ2v) is 2.36. The van der Waals surface area contributed by atoms with Crippen LogP contribution in [0.15, 0.2) is 12.3 Å². The summed E-state index contributed by atoms with van der Waals surface area (Å²) in [4.78, 5) is 3.39. The smallest absolute Gasteiger partial charge is 0.280 e. The lowest BCUT2D eigenvalue weighted by molar-refractivity contribution is 0.145. The molecule has 0 saturated heterocycles. The van der Waals surface area contributed by atoms with Crippen molar-refractivity contribution in [2.24, 2.45) is 0 Å². The summed E-state index contributed by atoms with van der Waals surface area (Å²) < 4.78 is 41.1. The first kappa shape index (κ1) is 9.83. The molecule has 0 radical (unpaired) electrons. The van der Waals surface area contributed by atoms with Crippen molar-refractivity contribution in [1.29, 1.82) is 0 Å². The van der Waals surface area contributed by atoms with Crippen molar-refractivity contribution in [2.75, 3.05) is 7.11 Å². The Kier molecular flexibility index (Phi) is 3.11. The Morgan fingerprint density at radius 3 is 2.69 bits per heavy atom. The van der Waals surface area contributed by atoms with Crippen molar-refractivity contribution in [3.8, 4) is 5.75 Å². The topological polar surface area (TPSA) is 22.1 Å². The number of hydrogen-bond acceptors (Lipinski definition) is 2. The van der Waals surface area contributed by atoms with Crippen molar-refractivity contribution in [1.82, 2.24) is 4.98 Å². The minimum Gasteiger partial charge on any atom is -0.496 e.